The number of carboxylic acid groups (broad SMARTS) is 3. The Balaban J connectivity index is 0.916. The number of para-hydroxylation sites is 1. The van der Waals surface area contributed by atoms with Gasteiger partial charge in [-0.3, -0.25) is 72.3 Å². The van der Waals surface area contributed by atoms with E-state index in [2.05, 4.69) is 36.8 Å². The summed E-state index contributed by atoms with van der Waals surface area (Å²) < 4.78 is 4.76. The maximum atomic E-state index is 14.3. The van der Waals surface area contributed by atoms with Gasteiger partial charge in [0.25, 0.3) is 0 Å². The number of ether oxygens (including phenoxy) is 1. The van der Waals surface area contributed by atoms with Gasteiger partial charge < -0.3 is 62.0 Å². The number of likely N-dealkylation sites (tertiary alicyclic amines) is 1. The Hall–Kier alpha value is -6.81. The topological polar surface area (TPSA) is 366 Å². The first-order chi connectivity index (χ1) is 37.7. The third-order valence-corrected chi connectivity index (χ3v) is 15.3. The van der Waals surface area contributed by atoms with Crippen molar-refractivity contribution in [1.82, 2.24) is 51.5 Å². The molecule has 0 saturated carbocycles. The van der Waals surface area contributed by atoms with Crippen molar-refractivity contribution in [2.45, 2.75) is 121 Å². The summed E-state index contributed by atoms with van der Waals surface area (Å²) >= 11 is 0. The number of nitrogens with zero attached hydrogens (tertiary/aromatic N) is 5. The summed E-state index contributed by atoms with van der Waals surface area (Å²) in [6.45, 7) is 8.08. The van der Waals surface area contributed by atoms with E-state index in [1.165, 1.54) is 4.90 Å². The summed E-state index contributed by atoms with van der Waals surface area (Å²) in [5.74, 6) is -7.85. The number of anilines is 1. The average Bonchev–Trinajstić information content (AvgIpc) is 4.19. The molecule has 27 heteroatoms. The van der Waals surface area contributed by atoms with Gasteiger partial charge in [-0.1, -0.05) is 38.5 Å². The number of amides is 7. The van der Waals surface area contributed by atoms with Crippen molar-refractivity contribution in [2.75, 3.05) is 96.5 Å². The molecule has 0 radical (unpaired) electrons. The van der Waals surface area contributed by atoms with Gasteiger partial charge in [0.15, 0.2) is 0 Å². The highest BCUT2D eigenvalue weighted by Crippen LogP contribution is 2.39. The number of cyclic esters (lactones) is 1. The molecular weight excluding hydrogens is 1030 g/mol. The van der Waals surface area contributed by atoms with E-state index in [0.29, 0.717) is 70.9 Å². The fourth-order valence-electron chi connectivity index (χ4n) is 10.7. The second-order valence-electron chi connectivity index (χ2n) is 21.1. The second kappa shape index (κ2) is 29.4. The molecule has 0 bridgehead atoms. The third-order valence-electron chi connectivity index (χ3n) is 15.3. The van der Waals surface area contributed by atoms with Crippen LogP contribution in [0.1, 0.15) is 82.8 Å². The molecule has 1 aromatic carbocycles. The van der Waals surface area contributed by atoms with E-state index in [0.717, 1.165) is 30.5 Å². The number of carboxylic acids is 3. The normalized spacial score (nSPS) is 22.5. The van der Waals surface area contributed by atoms with Crippen LogP contribution >= 0.6 is 0 Å². The highest BCUT2D eigenvalue weighted by molar-refractivity contribution is 6.08. The summed E-state index contributed by atoms with van der Waals surface area (Å²) in [6.07, 6.45) is -0.0619. The number of aliphatic hydroxyl groups excluding tert-OH is 1. The molecule has 0 aliphatic carbocycles. The highest BCUT2D eigenvalue weighted by atomic mass is 16.6. The molecule has 7 atom stereocenters. The number of hydrogen-bond donors (Lipinski definition) is 10. The molecular formula is C52H77N11O16. The number of esters is 1. The number of carbonyl (C=O) groups excluding carboxylic acids is 8. The molecule has 7 amide bonds. The molecule has 1 aromatic rings. The van der Waals surface area contributed by atoms with Gasteiger partial charge in [-0.05, 0) is 68.2 Å². The molecule has 10 N–H and O–H groups in total. The molecule has 6 rings (SSSR count). The van der Waals surface area contributed by atoms with Crippen molar-refractivity contribution in [1.29, 1.82) is 0 Å². The molecule has 0 aromatic heterocycles. The molecule has 5 aliphatic heterocycles. The van der Waals surface area contributed by atoms with Gasteiger partial charge >= 0.3 is 23.9 Å². The third kappa shape index (κ3) is 18.4. The maximum Gasteiger partial charge on any atom is 0.317 e. The number of aliphatic hydroxyl groups is 1. The number of hydrogen-bond acceptors (Lipinski definition) is 17. The van der Waals surface area contributed by atoms with E-state index < -0.39 is 108 Å². The number of aryl methyl sites for hydroxylation is 1. The van der Waals surface area contributed by atoms with Gasteiger partial charge in [-0.25, -0.2) is 0 Å². The highest BCUT2D eigenvalue weighted by Gasteiger charge is 2.46. The van der Waals surface area contributed by atoms with E-state index in [1.807, 2.05) is 39.8 Å². The van der Waals surface area contributed by atoms with E-state index >= 15 is 0 Å². The molecule has 5 heterocycles. The smallest absolute Gasteiger partial charge is 0.317 e. The fraction of sp³-hybridized carbons (Fsp3) is 0.673. The molecule has 5 aliphatic rings. The van der Waals surface area contributed by atoms with Crippen molar-refractivity contribution in [3.05, 3.63) is 29.3 Å². The summed E-state index contributed by atoms with van der Waals surface area (Å²) in [5.41, 5.74) is 2.13. The quantitative estimate of drug-likeness (QED) is 0.0409. The predicted octanol–water partition coefficient (Wildman–Crippen LogP) is -3.18. The van der Waals surface area contributed by atoms with Gasteiger partial charge in [0.1, 0.15) is 30.2 Å². The Morgan fingerprint density at radius 1 is 0.671 bits per heavy atom. The molecule has 3 saturated heterocycles. The Kier molecular flexibility index (Phi) is 22.9. The van der Waals surface area contributed by atoms with E-state index in [1.54, 1.807) is 6.92 Å². The van der Waals surface area contributed by atoms with Crippen molar-refractivity contribution < 1.29 is 77.9 Å². The van der Waals surface area contributed by atoms with Gasteiger partial charge in [0.05, 0.1) is 31.7 Å². The zero-order valence-corrected chi connectivity index (χ0v) is 45.0. The largest absolute Gasteiger partial charge is 0.481 e. The number of rotatable bonds is 26. The number of piperidine rings is 1. The zero-order chi connectivity index (χ0) is 57.3. The predicted molar refractivity (Wildman–Crippen MR) is 280 cm³/mol. The second-order valence-corrected chi connectivity index (χ2v) is 21.1. The first-order valence-corrected chi connectivity index (χ1v) is 27.3. The van der Waals surface area contributed by atoms with Gasteiger partial charge in [-0.2, -0.15) is 0 Å². The van der Waals surface area contributed by atoms with Crippen molar-refractivity contribution in [3.63, 3.8) is 0 Å². The Morgan fingerprint density at radius 2 is 1.28 bits per heavy atom. The van der Waals surface area contributed by atoms with Crippen LogP contribution in [0.5, 0.6) is 0 Å². The summed E-state index contributed by atoms with van der Waals surface area (Å²) in [6, 6.07) is 0.103. The lowest BCUT2D eigenvalue weighted by Gasteiger charge is -2.35. The first-order valence-electron chi connectivity index (χ1n) is 27.3. The van der Waals surface area contributed by atoms with Crippen LogP contribution in [-0.4, -0.2) is 233 Å². The molecule has 79 heavy (non-hydrogen) atoms. The fourth-order valence-corrected chi connectivity index (χ4v) is 10.7. The maximum absolute atomic E-state index is 14.3. The molecule has 3 fully saturated rings. The van der Waals surface area contributed by atoms with Crippen molar-refractivity contribution in [3.8, 4) is 0 Å². The van der Waals surface area contributed by atoms with Crippen LogP contribution in [0.4, 0.5) is 5.69 Å². The van der Waals surface area contributed by atoms with Gasteiger partial charge in [-0.15, -0.1) is 0 Å². The summed E-state index contributed by atoms with van der Waals surface area (Å²) in [7, 11) is 0. The van der Waals surface area contributed by atoms with Gasteiger partial charge in [0.2, 0.25) is 47.6 Å². The minimum atomic E-state index is -1.53. The monoisotopic (exact) mass is 1110 g/mol. The minimum absolute atomic E-state index is 0.0338. The molecule has 2 unspecified atom stereocenters. The van der Waals surface area contributed by atoms with Crippen molar-refractivity contribution >= 4 is 70.9 Å². The minimum Gasteiger partial charge on any atom is -0.481 e. The number of benzene rings is 1. The first kappa shape index (κ1) is 61.4. The van der Waals surface area contributed by atoms with Crippen LogP contribution in [0.15, 0.2) is 18.2 Å². The van der Waals surface area contributed by atoms with Crippen LogP contribution < -0.4 is 36.8 Å². The van der Waals surface area contributed by atoms with Gasteiger partial charge in [0, 0.05) is 84.6 Å². The molecule has 27 nitrogen and oxygen atoms in total. The van der Waals surface area contributed by atoms with E-state index in [4.69, 9.17) is 4.74 Å². The Morgan fingerprint density at radius 3 is 1.89 bits per heavy atom. The van der Waals surface area contributed by atoms with Crippen LogP contribution in [-0.2, 0) is 70.3 Å². The molecule has 0 spiro atoms. The van der Waals surface area contributed by atoms with Crippen LogP contribution in [0, 0.1) is 11.8 Å². The van der Waals surface area contributed by atoms with Crippen LogP contribution in [0.3, 0.4) is 0 Å². The van der Waals surface area contributed by atoms with Crippen molar-refractivity contribution in [2.24, 2.45) is 11.8 Å². The standard InChI is InChI=1S/C52H77N11O16/c1-3-31(2)46(50(76)56-36-8-7-33-5-4-6-34-25-38(63(47(33)34)51(36)77)49(75)57-37-26-45(73)79-52(37)78)58-40(65)12-15-53-39(64)11-16-54-48(74)35(9-10-42(67)68)55-41(66)28-59-17-13-32(14-18-59)27-60-19-21-61(29-43(69)70)23-24-62(22-20-60)30-44(71)72/h4-6,31-32,35-38,46,52,78H,3,7-30H2,1-2H3,(H,53,64)(H,54,74)(H,55,66)(H,56,76)(H,57,75)(H,58,65)(H,67,68)(H,69,70)(H,71,72)/t31-,35+,36-,37?,38-,46-,52?/m0/s1. The lowest BCUT2D eigenvalue weighted by Crippen LogP contribution is -2.59. The lowest BCUT2D eigenvalue weighted by atomic mass is 9.96. The van der Waals surface area contributed by atoms with E-state index in [-0.39, 0.29) is 83.1 Å². The SMILES string of the molecule is CC[C@H](C)[C@H](NC(=O)CCNC(=O)CCNC(=O)[C@@H](CCC(=O)O)NC(=O)CN1CCC(CN2CCN(CC(=O)O)CCN(CC(=O)O)CC2)CC1)C(=O)N[C@H]1CCc2cccc3c2N(C1=O)[C@H](C(=O)NC1CC(=O)OC1O)C3. The van der Waals surface area contributed by atoms with Crippen LogP contribution in [0.25, 0.3) is 0 Å². The Bertz CT molecular complexity index is 2380. The summed E-state index contributed by atoms with van der Waals surface area (Å²) in [5, 5.41) is 54.2. The number of aliphatic carboxylic acids is 3. The average molecular weight is 1110 g/mol. The number of nitrogens with one attached hydrogen (secondary N) is 6. The molecule has 436 valence electrons. The Labute approximate surface area is 457 Å². The lowest BCUT2D eigenvalue weighted by molar-refractivity contribution is -0.155. The summed E-state index contributed by atoms with van der Waals surface area (Å²) in [4.78, 5) is 150. The van der Waals surface area contributed by atoms with Crippen LogP contribution in [0.2, 0.25) is 0 Å². The van der Waals surface area contributed by atoms with E-state index in [9.17, 15) is 73.2 Å². The zero-order valence-electron chi connectivity index (χ0n) is 45.0. The number of carbonyl (C=O) groups is 11.